The molecule has 0 amide bonds. The van der Waals surface area contributed by atoms with Crippen molar-refractivity contribution in [3.63, 3.8) is 0 Å². The van der Waals surface area contributed by atoms with Crippen LogP contribution in [0.5, 0.6) is 5.75 Å². The number of aryl methyl sites for hydroxylation is 1. The fourth-order valence-electron chi connectivity index (χ4n) is 1.80. The van der Waals surface area contributed by atoms with Crippen molar-refractivity contribution in [1.29, 1.82) is 0 Å². The molecule has 0 fully saturated rings. The third-order valence-corrected chi connectivity index (χ3v) is 3.15. The largest absolute Gasteiger partial charge is 0.490 e. The van der Waals surface area contributed by atoms with E-state index in [1.165, 1.54) is 5.56 Å². The first-order valence-corrected chi connectivity index (χ1v) is 6.17. The van der Waals surface area contributed by atoms with Crippen molar-refractivity contribution in [3.05, 3.63) is 28.8 Å². The van der Waals surface area contributed by atoms with Crippen molar-refractivity contribution in [2.75, 3.05) is 6.61 Å². The van der Waals surface area contributed by atoms with Gasteiger partial charge in [0, 0.05) is 11.0 Å². The van der Waals surface area contributed by atoms with Gasteiger partial charge in [0.05, 0.1) is 12.7 Å². The van der Waals surface area contributed by atoms with Gasteiger partial charge in [-0.15, -0.1) is 0 Å². The minimum absolute atomic E-state index is 0.115. The van der Waals surface area contributed by atoms with Crippen LogP contribution in [0.15, 0.2) is 12.1 Å². The number of hydrogen-bond acceptors (Lipinski definition) is 2. The van der Waals surface area contributed by atoms with E-state index in [0.29, 0.717) is 0 Å². The molecular weight excluding hydrogens is 212 g/mol. The minimum Gasteiger partial charge on any atom is -0.490 e. The molecule has 0 atom stereocenters. The van der Waals surface area contributed by atoms with E-state index in [2.05, 4.69) is 26.0 Å². The fourth-order valence-corrected chi connectivity index (χ4v) is 1.80. The predicted octanol–water partition coefficient (Wildman–Crippen LogP) is 3.36. The molecule has 2 nitrogen and oxygen atoms in total. The third-order valence-electron chi connectivity index (χ3n) is 3.15. The van der Waals surface area contributed by atoms with Crippen LogP contribution < -0.4 is 4.74 Å². The van der Waals surface area contributed by atoms with E-state index < -0.39 is 0 Å². The van der Waals surface area contributed by atoms with Crippen LogP contribution in [0.25, 0.3) is 0 Å². The van der Waals surface area contributed by atoms with Gasteiger partial charge in [-0.3, -0.25) is 0 Å². The molecule has 0 saturated heterocycles. The van der Waals surface area contributed by atoms with Gasteiger partial charge in [-0.25, -0.2) is 0 Å². The van der Waals surface area contributed by atoms with Gasteiger partial charge in [-0.2, -0.15) is 0 Å². The lowest BCUT2D eigenvalue weighted by molar-refractivity contribution is 0.201. The van der Waals surface area contributed by atoms with Crippen LogP contribution in [-0.2, 0) is 5.41 Å². The average Bonchev–Trinajstić information content (AvgIpc) is 2.24. The van der Waals surface area contributed by atoms with E-state index in [1.54, 1.807) is 0 Å². The van der Waals surface area contributed by atoms with E-state index in [1.807, 2.05) is 27.7 Å². The van der Waals surface area contributed by atoms with E-state index in [0.717, 1.165) is 16.9 Å². The second kappa shape index (κ2) is 5.09. The van der Waals surface area contributed by atoms with Crippen LogP contribution in [0.2, 0.25) is 0 Å². The van der Waals surface area contributed by atoms with Crippen molar-refractivity contribution in [1.82, 2.24) is 0 Å². The molecule has 0 radical (unpaired) electrons. The molecule has 0 aromatic heterocycles. The maximum Gasteiger partial charge on any atom is 0.126 e. The number of ether oxygens (including phenoxy) is 1. The van der Waals surface area contributed by atoms with Crippen LogP contribution in [-0.4, -0.2) is 17.8 Å². The van der Waals surface area contributed by atoms with Gasteiger partial charge in [0.25, 0.3) is 0 Å². The standard InChI is InChI=1S/C15H24O2/c1-10(2)17-14-12(4)11(3)7-8-13(14)15(5,6)9-16/h7-8,10,16H,9H2,1-6H3. The Morgan fingerprint density at radius 1 is 1.24 bits per heavy atom. The Morgan fingerprint density at radius 2 is 1.82 bits per heavy atom. The molecule has 0 aliphatic carbocycles. The van der Waals surface area contributed by atoms with Gasteiger partial charge >= 0.3 is 0 Å². The topological polar surface area (TPSA) is 29.5 Å². The lowest BCUT2D eigenvalue weighted by atomic mass is 9.83. The number of rotatable bonds is 4. The first-order valence-electron chi connectivity index (χ1n) is 6.17. The Morgan fingerprint density at radius 3 is 2.29 bits per heavy atom. The second-order valence-electron chi connectivity index (χ2n) is 5.59. The summed E-state index contributed by atoms with van der Waals surface area (Å²) in [6.45, 7) is 12.4. The van der Waals surface area contributed by atoms with Crippen molar-refractivity contribution in [3.8, 4) is 5.75 Å². The molecule has 1 aromatic rings. The summed E-state index contributed by atoms with van der Waals surface area (Å²) in [5.74, 6) is 0.930. The Bertz CT molecular complexity index is 392. The summed E-state index contributed by atoms with van der Waals surface area (Å²) in [4.78, 5) is 0. The summed E-state index contributed by atoms with van der Waals surface area (Å²) in [5.41, 5.74) is 3.19. The van der Waals surface area contributed by atoms with Crippen molar-refractivity contribution in [2.24, 2.45) is 0 Å². The maximum absolute atomic E-state index is 9.51. The highest BCUT2D eigenvalue weighted by molar-refractivity contribution is 5.48. The number of aliphatic hydroxyl groups is 1. The van der Waals surface area contributed by atoms with Gasteiger partial charge in [0.1, 0.15) is 5.75 Å². The number of hydrogen-bond donors (Lipinski definition) is 1. The second-order valence-corrected chi connectivity index (χ2v) is 5.59. The Labute approximate surface area is 105 Å². The molecule has 0 spiro atoms. The maximum atomic E-state index is 9.51. The molecule has 17 heavy (non-hydrogen) atoms. The summed E-state index contributed by atoms with van der Waals surface area (Å²) >= 11 is 0. The summed E-state index contributed by atoms with van der Waals surface area (Å²) in [6, 6.07) is 4.16. The molecule has 96 valence electrons. The van der Waals surface area contributed by atoms with Gasteiger partial charge in [0.2, 0.25) is 0 Å². The SMILES string of the molecule is Cc1ccc(C(C)(C)CO)c(OC(C)C)c1C. The zero-order valence-corrected chi connectivity index (χ0v) is 11.8. The molecule has 0 heterocycles. The van der Waals surface area contributed by atoms with Crippen LogP contribution in [0.1, 0.15) is 44.4 Å². The van der Waals surface area contributed by atoms with E-state index in [9.17, 15) is 5.11 Å². The van der Waals surface area contributed by atoms with Gasteiger partial charge in [0.15, 0.2) is 0 Å². The predicted molar refractivity (Wildman–Crippen MR) is 71.8 cm³/mol. The van der Waals surface area contributed by atoms with Crippen molar-refractivity contribution < 1.29 is 9.84 Å². The van der Waals surface area contributed by atoms with Crippen molar-refractivity contribution >= 4 is 0 Å². The zero-order chi connectivity index (χ0) is 13.2. The average molecular weight is 236 g/mol. The van der Waals surface area contributed by atoms with Crippen LogP contribution in [0.3, 0.4) is 0 Å². The normalized spacial score (nSPS) is 12.0. The Balaban J connectivity index is 3.35. The fraction of sp³-hybridized carbons (Fsp3) is 0.600. The summed E-state index contributed by atoms with van der Waals surface area (Å²) in [7, 11) is 0. The Hall–Kier alpha value is -1.02. The zero-order valence-electron chi connectivity index (χ0n) is 11.8. The van der Waals surface area contributed by atoms with Crippen LogP contribution in [0.4, 0.5) is 0 Å². The number of benzene rings is 1. The molecule has 0 bridgehead atoms. The molecule has 1 aromatic carbocycles. The van der Waals surface area contributed by atoms with E-state index in [4.69, 9.17) is 4.74 Å². The molecule has 0 aliphatic heterocycles. The van der Waals surface area contributed by atoms with E-state index in [-0.39, 0.29) is 18.1 Å². The summed E-state index contributed by atoms with van der Waals surface area (Å²) < 4.78 is 5.93. The van der Waals surface area contributed by atoms with E-state index >= 15 is 0 Å². The molecular formula is C15H24O2. The molecule has 1 rings (SSSR count). The minimum atomic E-state index is -0.275. The van der Waals surface area contributed by atoms with Crippen LogP contribution >= 0.6 is 0 Å². The quantitative estimate of drug-likeness (QED) is 0.868. The molecule has 0 saturated carbocycles. The monoisotopic (exact) mass is 236 g/mol. The highest BCUT2D eigenvalue weighted by Crippen LogP contribution is 2.36. The van der Waals surface area contributed by atoms with Gasteiger partial charge < -0.3 is 9.84 Å². The first-order chi connectivity index (χ1) is 7.79. The molecule has 0 aliphatic rings. The third kappa shape index (κ3) is 3.01. The van der Waals surface area contributed by atoms with Crippen LogP contribution in [0, 0.1) is 13.8 Å². The molecule has 1 N–H and O–H groups in total. The first kappa shape index (κ1) is 14.0. The summed E-state index contributed by atoms with van der Waals surface area (Å²) in [5, 5.41) is 9.51. The lowest BCUT2D eigenvalue weighted by Gasteiger charge is -2.28. The molecule has 0 unspecified atom stereocenters. The smallest absolute Gasteiger partial charge is 0.126 e. The highest BCUT2D eigenvalue weighted by atomic mass is 16.5. The summed E-state index contributed by atoms with van der Waals surface area (Å²) in [6.07, 6.45) is 0.142. The Kier molecular flexibility index (Phi) is 4.21. The van der Waals surface area contributed by atoms with Crippen molar-refractivity contribution in [2.45, 2.75) is 53.1 Å². The highest BCUT2D eigenvalue weighted by Gasteiger charge is 2.25. The number of aliphatic hydroxyl groups excluding tert-OH is 1. The van der Waals surface area contributed by atoms with Gasteiger partial charge in [-0.05, 0) is 38.8 Å². The lowest BCUT2D eigenvalue weighted by Crippen LogP contribution is -2.24. The molecule has 2 heteroatoms. The van der Waals surface area contributed by atoms with Gasteiger partial charge in [-0.1, -0.05) is 26.0 Å².